The van der Waals surface area contributed by atoms with E-state index in [-0.39, 0.29) is 5.56 Å². The highest BCUT2D eigenvalue weighted by atomic mass is 32.2. The Morgan fingerprint density at radius 1 is 1.26 bits per heavy atom. The molecule has 1 aromatic carbocycles. The molecule has 0 aliphatic carbocycles. The molecule has 94 valence electrons. The highest BCUT2D eigenvalue weighted by molar-refractivity contribution is 8.00. The lowest BCUT2D eigenvalue weighted by atomic mass is 10.1. The van der Waals surface area contributed by atoms with E-state index in [9.17, 15) is 4.79 Å². The van der Waals surface area contributed by atoms with Gasteiger partial charge >= 0.3 is 5.97 Å². The van der Waals surface area contributed by atoms with E-state index in [0.717, 1.165) is 9.37 Å². The van der Waals surface area contributed by atoms with Gasteiger partial charge in [-0.3, -0.25) is 0 Å². The number of fused-ring (bicyclic) bond motifs is 1. The minimum absolute atomic E-state index is 0.262. The summed E-state index contributed by atoms with van der Waals surface area (Å²) >= 11 is 2.85. The van der Waals surface area contributed by atoms with Crippen LogP contribution >= 0.6 is 23.1 Å². The van der Waals surface area contributed by atoms with Gasteiger partial charge < -0.3 is 5.11 Å². The van der Waals surface area contributed by atoms with E-state index in [1.165, 1.54) is 23.1 Å². The standard InChI is InChI=1S/C12H7N3O2S2/c16-11(17)8-2-1-3-9-7(8)4-5-10(14-9)19-12-15-13-6-18-12/h1-6H,(H,16,17). The summed E-state index contributed by atoms with van der Waals surface area (Å²) in [5.74, 6) is -0.947. The monoisotopic (exact) mass is 289 g/mol. The number of nitrogens with zero attached hydrogens (tertiary/aromatic N) is 3. The van der Waals surface area contributed by atoms with Crippen molar-refractivity contribution in [1.29, 1.82) is 0 Å². The summed E-state index contributed by atoms with van der Waals surface area (Å²) in [6.07, 6.45) is 0. The van der Waals surface area contributed by atoms with Gasteiger partial charge in [-0.15, -0.1) is 10.2 Å². The molecule has 0 radical (unpaired) electrons. The zero-order valence-electron chi connectivity index (χ0n) is 9.48. The first-order chi connectivity index (χ1) is 9.24. The van der Waals surface area contributed by atoms with Crippen molar-refractivity contribution in [1.82, 2.24) is 15.2 Å². The molecular formula is C12H7N3O2S2. The Kier molecular flexibility index (Phi) is 3.14. The Morgan fingerprint density at radius 2 is 2.16 bits per heavy atom. The highest BCUT2D eigenvalue weighted by Gasteiger charge is 2.10. The number of carboxylic acid groups (broad SMARTS) is 1. The van der Waals surface area contributed by atoms with Crippen LogP contribution in [0.2, 0.25) is 0 Å². The van der Waals surface area contributed by atoms with Gasteiger partial charge in [0.2, 0.25) is 0 Å². The fourth-order valence-corrected chi connectivity index (χ4v) is 3.08. The highest BCUT2D eigenvalue weighted by Crippen LogP contribution is 2.29. The van der Waals surface area contributed by atoms with Crippen LogP contribution in [0.15, 0.2) is 45.2 Å². The zero-order valence-corrected chi connectivity index (χ0v) is 11.1. The molecule has 19 heavy (non-hydrogen) atoms. The summed E-state index contributed by atoms with van der Waals surface area (Å²) in [6.45, 7) is 0. The van der Waals surface area contributed by atoms with Crippen LogP contribution in [-0.2, 0) is 0 Å². The van der Waals surface area contributed by atoms with Crippen molar-refractivity contribution in [3.05, 3.63) is 41.4 Å². The SMILES string of the molecule is O=C(O)c1cccc2nc(Sc3nncs3)ccc12. The number of carboxylic acids is 1. The molecule has 2 heterocycles. The van der Waals surface area contributed by atoms with Crippen LogP contribution < -0.4 is 0 Å². The van der Waals surface area contributed by atoms with E-state index >= 15 is 0 Å². The van der Waals surface area contributed by atoms with E-state index < -0.39 is 5.97 Å². The van der Waals surface area contributed by atoms with Crippen LogP contribution in [0.1, 0.15) is 10.4 Å². The summed E-state index contributed by atoms with van der Waals surface area (Å²) in [5, 5.41) is 18.2. The minimum atomic E-state index is -0.947. The number of carbonyl (C=O) groups is 1. The predicted octanol–water partition coefficient (Wildman–Crippen LogP) is 2.94. The van der Waals surface area contributed by atoms with Gasteiger partial charge in [0, 0.05) is 5.39 Å². The van der Waals surface area contributed by atoms with Gasteiger partial charge in [0.1, 0.15) is 10.5 Å². The molecule has 0 fully saturated rings. The van der Waals surface area contributed by atoms with Crippen LogP contribution in [0.4, 0.5) is 0 Å². The number of pyridine rings is 1. The van der Waals surface area contributed by atoms with Crippen LogP contribution in [-0.4, -0.2) is 26.3 Å². The molecule has 2 aromatic heterocycles. The van der Waals surface area contributed by atoms with E-state index in [1.54, 1.807) is 35.8 Å². The van der Waals surface area contributed by atoms with Crippen LogP contribution in [0.25, 0.3) is 10.9 Å². The van der Waals surface area contributed by atoms with E-state index in [0.29, 0.717) is 10.9 Å². The van der Waals surface area contributed by atoms with Crippen LogP contribution in [0.3, 0.4) is 0 Å². The molecule has 3 rings (SSSR count). The second kappa shape index (κ2) is 4.94. The van der Waals surface area contributed by atoms with Gasteiger partial charge in [-0.25, -0.2) is 9.78 Å². The maximum absolute atomic E-state index is 11.1. The number of benzene rings is 1. The Balaban J connectivity index is 2.04. The summed E-state index contributed by atoms with van der Waals surface area (Å²) in [7, 11) is 0. The molecule has 5 nitrogen and oxygen atoms in total. The van der Waals surface area contributed by atoms with Crippen molar-refractivity contribution in [3.8, 4) is 0 Å². The summed E-state index contributed by atoms with van der Waals surface area (Å²) in [6, 6.07) is 8.63. The van der Waals surface area contributed by atoms with Crippen LogP contribution in [0.5, 0.6) is 0 Å². The van der Waals surface area contributed by atoms with Crippen molar-refractivity contribution < 1.29 is 9.90 Å². The second-order valence-electron chi connectivity index (χ2n) is 3.63. The van der Waals surface area contributed by atoms with Gasteiger partial charge in [0.25, 0.3) is 0 Å². The maximum Gasteiger partial charge on any atom is 0.336 e. The molecule has 7 heteroatoms. The average molecular weight is 289 g/mol. The Bertz CT molecular complexity index is 744. The first kappa shape index (κ1) is 12.1. The third-order valence-electron chi connectivity index (χ3n) is 2.47. The van der Waals surface area contributed by atoms with Crippen molar-refractivity contribution in [2.45, 2.75) is 9.37 Å². The molecule has 0 amide bonds. The topological polar surface area (TPSA) is 76.0 Å². The molecule has 0 unspecified atom stereocenters. The molecule has 0 aliphatic rings. The van der Waals surface area contributed by atoms with Gasteiger partial charge in [-0.05, 0) is 36.0 Å². The van der Waals surface area contributed by atoms with Gasteiger partial charge in [0.15, 0.2) is 4.34 Å². The largest absolute Gasteiger partial charge is 0.478 e. The Hall–Kier alpha value is -1.99. The maximum atomic E-state index is 11.1. The lowest BCUT2D eigenvalue weighted by Gasteiger charge is -2.03. The van der Waals surface area contributed by atoms with E-state index in [1.807, 2.05) is 0 Å². The molecule has 3 aromatic rings. The predicted molar refractivity (Wildman–Crippen MR) is 72.7 cm³/mol. The Morgan fingerprint density at radius 3 is 2.89 bits per heavy atom. The number of rotatable bonds is 3. The fourth-order valence-electron chi connectivity index (χ4n) is 1.68. The number of hydrogen-bond acceptors (Lipinski definition) is 6. The quantitative estimate of drug-likeness (QED) is 0.799. The molecular weight excluding hydrogens is 282 g/mol. The smallest absolute Gasteiger partial charge is 0.336 e. The molecule has 0 saturated heterocycles. The zero-order chi connectivity index (χ0) is 13.2. The number of aromatic nitrogens is 3. The molecule has 0 spiro atoms. The molecule has 1 N–H and O–H groups in total. The van der Waals surface area contributed by atoms with E-state index in [2.05, 4.69) is 15.2 Å². The molecule has 0 aliphatic heterocycles. The third-order valence-corrected chi connectivity index (χ3v) is 4.18. The molecule has 0 atom stereocenters. The van der Waals surface area contributed by atoms with Gasteiger partial charge in [-0.2, -0.15) is 0 Å². The van der Waals surface area contributed by atoms with Crippen molar-refractivity contribution in [2.75, 3.05) is 0 Å². The fraction of sp³-hybridized carbons (Fsp3) is 0. The lowest BCUT2D eigenvalue weighted by molar-refractivity contribution is 0.0699. The number of aromatic carboxylic acids is 1. The summed E-state index contributed by atoms with van der Waals surface area (Å²) < 4.78 is 0.807. The van der Waals surface area contributed by atoms with Gasteiger partial charge in [0.05, 0.1) is 11.1 Å². The number of hydrogen-bond donors (Lipinski definition) is 1. The second-order valence-corrected chi connectivity index (χ2v) is 5.73. The summed E-state index contributed by atoms with van der Waals surface area (Å²) in [4.78, 5) is 15.5. The third kappa shape index (κ3) is 2.42. The normalized spacial score (nSPS) is 10.7. The lowest BCUT2D eigenvalue weighted by Crippen LogP contribution is -1.97. The average Bonchev–Trinajstić information content (AvgIpc) is 2.90. The Labute approximate surface area is 116 Å². The minimum Gasteiger partial charge on any atom is -0.478 e. The van der Waals surface area contributed by atoms with Crippen LogP contribution in [0, 0.1) is 0 Å². The molecule has 0 saturated carbocycles. The first-order valence-electron chi connectivity index (χ1n) is 5.31. The van der Waals surface area contributed by atoms with Crippen molar-refractivity contribution in [3.63, 3.8) is 0 Å². The van der Waals surface area contributed by atoms with Crippen molar-refractivity contribution >= 4 is 40.0 Å². The van der Waals surface area contributed by atoms with Gasteiger partial charge in [-0.1, -0.05) is 17.4 Å². The van der Waals surface area contributed by atoms with Crippen molar-refractivity contribution in [2.24, 2.45) is 0 Å². The summed E-state index contributed by atoms with van der Waals surface area (Å²) in [5.41, 5.74) is 2.58. The first-order valence-corrected chi connectivity index (χ1v) is 7.01. The molecule has 0 bridgehead atoms. The van der Waals surface area contributed by atoms with E-state index in [4.69, 9.17) is 5.11 Å².